The number of thiazole rings is 1. The molecule has 2 heterocycles. The minimum absolute atomic E-state index is 0.212. The summed E-state index contributed by atoms with van der Waals surface area (Å²) in [7, 11) is 0. The average molecular weight is 425 g/mol. The summed E-state index contributed by atoms with van der Waals surface area (Å²) in [5, 5.41) is 8.39. The third-order valence-electron chi connectivity index (χ3n) is 4.72. The van der Waals surface area contributed by atoms with Crippen LogP contribution in [0.1, 0.15) is 10.4 Å². The first-order valence-corrected chi connectivity index (χ1v) is 10.3. The first kappa shape index (κ1) is 19.8. The Morgan fingerprint density at radius 2 is 1.70 bits per heavy atom. The van der Waals surface area contributed by atoms with Crippen LogP contribution in [0.25, 0.3) is 0 Å². The molecular weight excluding hydrogens is 405 g/mol. The quantitative estimate of drug-likeness (QED) is 0.665. The summed E-state index contributed by atoms with van der Waals surface area (Å²) in [5.74, 6) is -0.808. The highest BCUT2D eigenvalue weighted by Crippen LogP contribution is 2.20. The zero-order valence-electron chi connectivity index (χ0n) is 16.0. The fourth-order valence-electron chi connectivity index (χ4n) is 3.18. The first-order chi connectivity index (χ1) is 14.6. The van der Waals surface area contributed by atoms with Crippen LogP contribution in [-0.4, -0.2) is 48.0 Å². The maximum absolute atomic E-state index is 13.3. The molecule has 2 N–H and O–H groups in total. The lowest BCUT2D eigenvalue weighted by Gasteiger charge is -2.34. The zero-order chi connectivity index (χ0) is 20.9. The van der Waals surface area contributed by atoms with Gasteiger partial charge in [0.25, 0.3) is 5.91 Å². The van der Waals surface area contributed by atoms with Crippen molar-refractivity contribution >= 4 is 39.8 Å². The number of carbonyl (C=O) groups is 2. The number of urea groups is 1. The number of piperazine rings is 1. The van der Waals surface area contributed by atoms with E-state index in [1.165, 1.54) is 18.2 Å². The molecule has 0 saturated carbocycles. The van der Waals surface area contributed by atoms with Gasteiger partial charge in [-0.15, -0.1) is 11.3 Å². The fraction of sp³-hybridized carbons (Fsp3) is 0.190. The van der Waals surface area contributed by atoms with Crippen molar-refractivity contribution in [2.45, 2.75) is 0 Å². The Labute approximate surface area is 177 Å². The first-order valence-electron chi connectivity index (χ1n) is 9.46. The van der Waals surface area contributed by atoms with Gasteiger partial charge in [0.05, 0.1) is 0 Å². The molecule has 9 heteroatoms. The molecule has 0 radical (unpaired) electrons. The molecule has 0 aliphatic carbocycles. The van der Waals surface area contributed by atoms with Crippen molar-refractivity contribution < 1.29 is 14.0 Å². The monoisotopic (exact) mass is 425 g/mol. The molecule has 154 valence electrons. The summed E-state index contributed by atoms with van der Waals surface area (Å²) in [6.07, 6.45) is 1.77. The molecule has 4 rings (SSSR count). The van der Waals surface area contributed by atoms with Crippen LogP contribution < -0.4 is 15.5 Å². The Hall–Kier alpha value is -3.46. The van der Waals surface area contributed by atoms with Crippen molar-refractivity contribution in [3.63, 3.8) is 0 Å². The van der Waals surface area contributed by atoms with E-state index in [1.807, 2.05) is 5.38 Å². The van der Waals surface area contributed by atoms with Gasteiger partial charge < -0.3 is 20.4 Å². The number of halogens is 1. The largest absolute Gasteiger partial charge is 0.345 e. The Kier molecular flexibility index (Phi) is 5.89. The Balaban J connectivity index is 1.35. The lowest BCUT2D eigenvalue weighted by atomic mass is 10.2. The number of amides is 3. The topological polar surface area (TPSA) is 77.6 Å². The van der Waals surface area contributed by atoms with Crippen molar-refractivity contribution in [3.05, 3.63) is 71.5 Å². The number of aromatic nitrogens is 1. The summed E-state index contributed by atoms with van der Waals surface area (Å²) in [6.45, 7) is 2.62. The molecule has 1 aliphatic rings. The van der Waals surface area contributed by atoms with Crippen LogP contribution >= 0.6 is 11.3 Å². The highest BCUT2D eigenvalue weighted by atomic mass is 32.1. The molecule has 1 aliphatic heterocycles. The predicted molar refractivity (Wildman–Crippen MR) is 116 cm³/mol. The highest BCUT2D eigenvalue weighted by molar-refractivity contribution is 7.13. The van der Waals surface area contributed by atoms with Gasteiger partial charge in [-0.05, 0) is 36.4 Å². The fourth-order valence-corrected chi connectivity index (χ4v) is 3.88. The summed E-state index contributed by atoms with van der Waals surface area (Å²) in [5.41, 5.74) is 1.26. The second-order valence-electron chi connectivity index (χ2n) is 6.76. The van der Waals surface area contributed by atoms with Crippen LogP contribution in [0, 0.1) is 5.82 Å². The number of nitrogens with zero attached hydrogens (tertiary/aromatic N) is 3. The second-order valence-corrected chi connectivity index (χ2v) is 7.64. The van der Waals surface area contributed by atoms with E-state index in [4.69, 9.17) is 0 Å². The minimum Gasteiger partial charge on any atom is -0.345 e. The number of hydrogen-bond acceptors (Lipinski definition) is 5. The molecule has 2 aromatic carbocycles. The van der Waals surface area contributed by atoms with Crippen molar-refractivity contribution in [1.29, 1.82) is 0 Å². The van der Waals surface area contributed by atoms with Gasteiger partial charge in [0.1, 0.15) is 5.82 Å². The van der Waals surface area contributed by atoms with E-state index in [0.717, 1.165) is 18.2 Å². The number of carbonyl (C=O) groups excluding carboxylic acids is 2. The summed E-state index contributed by atoms with van der Waals surface area (Å²) < 4.78 is 13.3. The van der Waals surface area contributed by atoms with Crippen molar-refractivity contribution in [2.24, 2.45) is 0 Å². The van der Waals surface area contributed by atoms with E-state index >= 15 is 0 Å². The molecule has 0 unspecified atom stereocenters. The molecule has 3 amide bonds. The highest BCUT2D eigenvalue weighted by Gasteiger charge is 2.22. The SMILES string of the molecule is O=C(Nc1cccc(F)c1)c1cccc(NC(=O)N2CCN(c3nccs3)CC2)c1. The van der Waals surface area contributed by atoms with E-state index in [1.54, 1.807) is 52.8 Å². The molecule has 3 aromatic rings. The van der Waals surface area contributed by atoms with Crippen LogP contribution in [0.2, 0.25) is 0 Å². The summed E-state index contributed by atoms with van der Waals surface area (Å²) >= 11 is 1.58. The van der Waals surface area contributed by atoms with E-state index < -0.39 is 5.82 Å². The summed E-state index contributed by atoms with van der Waals surface area (Å²) in [6, 6.07) is 12.1. The Morgan fingerprint density at radius 3 is 2.40 bits per heavy atom. The predicted octanol–water partition coefficient (Wildman–Crippen LogP) is 3.89. The third kappa shape index (κ3) is 4.74. The van der Waals surface area contributed by atoms with Crippen LogP contribution in [0.5, 0.6) is 0 Å². The number of rotatable bonds is 4. The normalized spacial score (nSPS) is 13.8. The van der Waals surface area contributed by atoms with Gasteiger partial charge >= 0.3 is 6.03 Å². The second kappa shape index (κ2) is 8.91. The third-order valence-corrected chi connectivity index (χ3v) is 5.55. The van der Waals surface area contributed by atoms with Crippen LogP contribution in [0.3, 0.4) is 0 Å². The number of hydrogen-bond donors (Lipinski definition) is 2. The maximum atomic E-state index is 13.3. The number of benzene rings is 2. The van der Waals surface area contributed by atoms with E-state index in [2.05, 4.69) is 20.5 Å². The van der Waals surface area contributed by atoms with E-state index in [-0.39, 0.29) is 11.9 Å². The van der Waals surface area contributed by atoms with Gasteiger partial charge in [-0.1, -0.05) is 12.1 Å². The van der Waals surface area contributed by atoms with E-state index in [0.29, 0.717) is 30.0 Å². The number of anilines is 3. The lowest BCUT2D eigenvalue weighted by Crippen LogP contribution is -2.50. The van der Waals surface area contributed by atoms with Gasteiger partial charge in [0.15, 0.2) is 5.13 Å². The molecule has 0 atom stereocenters. The minimum atomic E-state index is -0.427. The zero-order valence-corrected chi connectivity index (χ0v) is 16.9. The molecular formula is C21H20FN5O2S. The molecule has 0 spiro atoms. The smallest absolute Gasteiger partial charge is 0.321 e. The van der Waals surface area contributed by atoms with Crippen LogP contribution in [-0.2, 0) is 0 Å². The van der Waals surface area contributed by atoms with E-state index in [9.17, 15) is 14.0 Å². The summed E-state index contributed by atoms with van der Waals surface area (Å²) in [4.78, 5) is 33.3. The van der Waals surface area contributed by atoms with Gasteiger partial charge in [-0.25, -0.2) is 14.2 Å². The molecule has 1 aromatic heterocycles. The van der Waals surface area contributed by atoms with Gasteiger partial charge in [-0.2, -0.15) is 0 Å². The molecule has 0 bridgehead atoms. The van der Waals surface area contributed by atoms with Gasteiger partial charge in [-0.3, -0.25) is 4.79 Å². The molecule has 30 heavy (non-hydrogen) atoms. The molecule has 7 nitrogen and oxygen atoms in total. The number of nitrogens with one attached hydrogen (secondary N) is 2. The Morgan fingerprint density at radius 1 is 0.967 bits per heavy atom. The van der Waals surface area contributed by atoms with Gasteiger partial charge in [0.2, 0.25) is 0 Å². The van der Waals surface area contributed by atoms with Crippen molar-refractivity contribution in [3.8, 4) is 0 Å². The maximum Gasteiger partial charge on any atom is 0.321 e. The van der Waals surface area contributed by atoms with Crippen LogP contribution in [0.15, 0.2) is 60.1 Å². The molecule has 1 saturated heterocycles. The van der Waals surface area contributed by atoms with Gasteiger partial charge in [0, 0.05) is 54.7 Å². The Bertz CT molecular complexity index is 1040. The average Bonchev–Trinajstić information content (AvgIpc) is 3.29. The lowest BCUT2D eigenvalue weighted by molar-refractivity contribution is 0.102. The van der Waals surface area contributed by atoms with Crippen LogP contribution in [0.4, 0.5) is 25.7 Å². The van der Waals surface area contributed by atoms with Crippen molar-refractivity contribution in [2.75, 3.05) is 41.7 Å². The van der Waals surface area contributed by atoms with Crippen molar-refractivity contribution in [1.82, 2.24) is 9.88 Å². The molecule has 1 fully saturated rings. The standard InChI is InChI=1S/C21H20FN5O2S/c22-16-4-2-6-18(14-16)24-19(28)15-3-1-5-17(13-15)25-20(29)26-8-10-27(11-9-26)21-23-7-12-30-21/h1-7,12-14H,8-11H2,(H,24,28)(H,25,29).